The molecule has 0 unspecified atom stereocenters. The van der Waals surface area contributed by atoms with Crippen LogP contribution in [0.1, 0.15) is 96.3 Å². The summed E-state index contributed by atoms with van der Waals surface area (Å²) in [5, 5.41) is 28.2. The van der Waals surface area contributed by atoms with Gasteiger partial charge in [-0.2, -0.15) is 0 Å². The van der Waals surface area contributed by atoms with E-state index in [1.54, 1.807) is 81.6 Å². The number of aromatic nitrogens is 1. The molecule has 0 radical (unpaired) electrons. The van der Waals surface area contributed by atoms with Crippen LogP contribution in [0.3, 0.4) is 0 Å². The van der Waals surface area contributed by atoms with Crippen LogP contribution in [-0.4, -0.2) is 125 Å². The Morgan fingerprint density at radius 1 is 0.641 bits per heavy atom. The van der Waals surface area contributed by atoms with E-state index in [0.29, 0.717) is 47.8 Å². The number of aromatic amines is 1. The Kier molecular flexibility index (Phi) is 26.2. The van der Waals surface area contributed by atoms with E-state index in [-0.39, 0.29) is 67.4 Å². The zero-order chi connectivity index (χ0) is 56.9. The van der Waals surface area contributed by atoms with E-state index >= 15 is 0 Å². The van der Waals surface area contributed by atoms with Crippen LogP contribution < -0.4 is 76.7 Å². The molecule has 0 saturated carbocycles. The predicted molar refractivity (Wildman–Crippen MR) is 279 cm³/mol. The summed E-state index contributed by atoms with van der Waals surface area (Å²) in [4.78, 5) is 124. The molecule has 0 aliphatic heterocycles. The van der Waals surface area contributed by atoms with Gasteiger partial charge in [0.05, 0.1) is 13.0 Å². The third-order valence-electron chi connectivity index (χ3n) is 11.7. The molecule has 0 spiro atoms. The number of benzene rings is 3. The van der Waals surface area contributed by atoms with Gasteiger partial charge in [-0.05, 0) is 68.5 Å². The third kappa shape index (κ3) is 22.9. The van der Waals surface area contributed by atoms with E-state index in [1.165, 1.54) is 24.3 Å². The van der Waals surface area contributed by atoms with Crippen LogP contribution in [0.25, 0.3) is 10.9 Å². The number of fused-ring (bicyclic) bond motifs is 1. The summed E-state index contributed by atoms with van der Waals surface area (Å²) in [5.74, 6) is -7.93. The third-order valence-corrected chi connectivity index (χ3v) is 12.1. The predicted octanol–water partition coefficient (Wildman–Crippen LogP) is -1.19. The summed E-state index contributed by atoms with van der Waals surface area (Å²) in [5.41, 5.74) is 6.95. The monoisotopic (exact) mass is 1110 g/mol. The van der Waals surface area contributed by atoms with Crippen molar-refractivity contribution in [2.45, 2.75) is 141 Å². The zero-order valence-electron chi connectivity index (χ0n) is 44.5. The molecule has 0 saturated heterocycles. The molecule has 418 valence electrons. The number of rotatable bonds is 30. The maximum absolute atomic E-state index is 14.4. The number of H-pyrrole nitrogens is 1. The van der Waals surface area contributed by atoms with Gasteiger partial charge in [0.1, 0.15) is 47.6 Å². The molecule has 78 heavy (non-hydrogen) atoms. The molecule has 1 aromatic heterocycles. The van der Waals surface area contributed by atoms with Gasteiger partial charge in [0.25, 0.3) is 10.4 Å². The van der Waals surface area contributed by atoms with Gasteiger partial charge in [0.15, 0.2) is 0 Å². The van der Waals surface area contributed by atoms with Crippen LogP contribution in [0.5, 0.6) is 5.75 Å². The fourth-order valence-corrected chi connectivity index (χ4v) is 8.21. The summed E-state index contributed by atoms with van der Waals surface area (Å²) < 4.78 is 43.0. The molecule has 26 heteroatoms. The van der Waals surface area contributed by atoms with Gasteiger partial charge in [-0.1, -0.05) is 100 Å². The van der Waals surface area contributed by atoms with E-state index in [0.717, 1.165) is 5.52 Å². The van der Waals surface area contributed by atoms with Gasteiger partial charge in [0, 0.05) is 36.4 Å². The van der Waals surface area contributed by atoms with Crippen LogP contribution in [0.4, 0.5) is 4.79 Å². The standard InChI is InChI=1S/C52H69N9O15S.Na/c1-6-8-18-37(57-48(68)40(61-51(71)75-52(3,4)5)26-32-21-23-34(24-22-32)76-77(72,73)74)46(66)55-30-43(62)56-41(27-33-29-54-36-20-14-13-17-35(33)36)49(69)58-38(19-9-7-2)47(67)60-42(28-44(63)64)50(70)59-39(45(53)65)25-31-15-11-10-12-16-31;/h10-17,20-24,29,37-42,54H,6-9,18-19,25-28,30H2,1-5H3,(H2,53,65)(H,55,66)(H,56,62)(H,57,68)(H,58,69)(H,59,70)(H,60,67)(H,61,71)(H,63,64)(H,72,73,74);/q;+1/p-1/t37-,38-,39-,40-,41-,42-;/m0./s1. The topological polar surface area (TPSA) is 376 Å². The van der Waals surface area contributed by atoms with Gasteiger partial charge in [-0.3, -0.25) is 38.4 Å². The quantitative estimate of drug-likeness (QED) is 0.0167. The molecule has 0 bridgehead atoms. The number of primary amides is 1. The number of amides is 8. The minimum absolute atomic E-state index is 0. The fourth-order valence-electron chi connectivity index (χ4n) is 7.86. The van der Waals surface area contributed by atoms with Crippen molar-refractivity contribution in [1.29, 1.82) is 0 Å². The van der Waals surface area contributed by atoms with Gasteiger partial charge < -0.3 is 66.5 Å². The number of carbonyl (C=O) groups excluding carboxylic acids is 8. The smallest absolute Gasteiger partial charge is 0.716 e. The Bertz CT molecular complexity index is 2810. The zero-order valence-corrected chi connectivity index (χ0v) is 47.3. The van der Waals surface area contributed by atoms with E-state index in [4.69, 9.17) is 10.5 Å². The largest absolute Gasteiger partial charge is 1.00 e. The summed E-state index contributed by atoms with van der Waals surface area (Å²) in [6.07, 6.45) is 1.49. The summed E-state index contributed by atoms with van der Waals surface area (Å²) >= 11 is 0. The van der Waals surface area contributed by atoms with Crippen molar-refractivity contribution in [3.8, 4) is 5.75 Å². The van der Waals surface area contributed by atoms with Gasteiger partial charge in [-0.25, -0.2) is 13.2 Å². The average Bonchev–Trinajstić information content (AvgIpc) is 3.77. The number of carboxylic acid groups (broad SMARTS) is 1. The first-order valence-corrected chi connectivity index (χ1v) is 26.3. The molecule has 8 amide bonds. The average molecular weight is 1110 g/mol. The van der Waals surface area contributed by atoms with E-state index in [1.807, 2.05) is 13.8 Å². The number of alkyl carbamates (subject to hydrolysis) is 1. The Morgan fingerprint density at radius 3 is 1.71 bits per heavy atom. The first kappa shape index (κ1) is 65.2. The van der Waals surface area contributed by atoms with Crippen LogP contribution in [-0.2, 0) is 72.8 Å². The van der Waals surface area contributed by atoms with Gasteiger partial charge in [0.2, 0.25) is 41.4 Å². The van der Waals surface area contributed by atoms with Crippen molar-refractivity contribution < 1.29 is 99.7 Å². The van der Waals surface area contributed by atoms with Crippen molar-refractivity contribution in [1.82, 2.24) is 42.2 Å². The summed E-state index contributed by atoms with van der Waals surface area (Å²) in [6, 6.07) is 12.4. The molecule has 0 aliphatic rings. The maximum atomic E-state index is 14.4. The van der Waals surface area contributed by atoms with Crippen molar-refractivity contribution in [2.75, 3.05) is 6.54 Å². The second kappa shape index (κ2) is 31.4. The van der Waals surface area contributed by atoms with Crippen LogP contribution >= 0.6 is 0 Å². The second-order valence-corrected chi connectivity index (χ2v) is 20.1. The fraction of sp³-hybridized carbons (Fsp3) is 0.442. The number of hydrogen-bond donors (Lipinski definition) is 10. The van der Waals surface area contributed by atoms with Gasteiger partial charge >= 0.3 is 41.6 Å². The normalized spacial score (nSPS) is 13.6. The molecule has 1 heterocycles. The molecule has 4 aromatic rings. The number of ether oxygens (including phenoxy) is 1. The summed E-state index contributed by atoms with van der Waals surface area (Å²) in [6.45, 7) is 7.79. The molecule has 0 aliphatic carbocycles. The Hall–Kier alpha value is -7.06. The second-order valence-electron chi connectivity index (χ2n) is 19.2. The summed E-state index contributed by atoms with van der Waals surface area (Å²) in [7, 11) is -5.07. The Labute approximate surface area is 474 Å². The van der Waals surface area contributed by atoms with Crippen molar-refractivity contribution in [2.24, 2.45) is 5.73 Å². The minimum atomic E-state index is -5.07. The molecule has 6 atom stereocenters. The van der Waals surface area contributed by atoms with Gasteiger partial charge in [-0.15, -0.1) is 0 Å². The molecule has 4 rings (SSSR count). The Morgan fingerprint density at radius 2 is 1.14 bits per heavy atom. The van der Waals surface area contributed by atoms with E-state index < -0.39 is 119 Å². The van der Waals surface area contributed by atoms with Crippen molar-refractivity contribution in [3.63, 3.8) is 0 Å². The van der Waals surface area contributed by atoms with Crippen LogP contribution in [0, 0.1) is 0 Å². The minimum Gasteiger partial charge on any atom is -0.716 e. The Balaban J connectivity index is 0.0000160. The number of nitrogens with one attached hydrogen (secondary N) is 8. The maximum Gasteiger partial charge on any atom is 1.00 e. The molecule has 24 nitrogen and oxygen atoms in total. The number of aliphatic carboxylic acids is 1. The van der Waals surface area contributed by atoms with Crippen LogP contribution in [0.15, 0.2) is 85.1 Å². The molecular formula is C52H68N9NaO15S. The van der Waals surface area contributed by atoms with Crippen molar-refractivity contribution in [3.05, 3.63) is 102 Å². The molecule has 11 N–H and O–H groups in total. The number of hydrogen-bond acceptors (Lipinski definition) is 14. The number of carboxylic acids is 1. The van der Waals surface area contributed by atoms with Crippen molar-refractivity contribution >= 4 is 74.7 Å². The molecule has 3 aromatic carbocycles. The number of carbonyl (C=O) groups is 9. The van der Waals surface area contributed by atoms with E-state index in [2.05, 4.69) is 46.4 Å². The first-order chi connectivity index (χ1) is 36.3. The van der Waals surface area contributed by atoms with E-state index in [9.17, 15) is 61.2 Å². The first-order valence-electron chi connectivity index (χ1n) is 25.0. The molecule has 0 fully saturated rings. The SMILES string of the molecule is CCCC[C@H](NC(=O)[C@H](Cc1ccc(OS(=O)(=O)[O-])cc1)NC(=O)OC(C)(C)C)C(=O)NCC(=O)N[C@@H](Cc1c[nH]c2ccccc12)C(=O)N[C@@H](CCCC)C(=O)N[C@@H](CC(=O)O)C(=O)N[C@@H](Cc1ccccc1)C(N)=O.[Na+]. The number of unbranched alkanes of at least 4 members (excludes halogenated alkanes) is 2. The number of nitrogens with two attached hydrogens (primary N) is 1. The van der Waals surface area contributed by atoms with Crippen LogP contribution in [0.2, 0.25) is 0 Å². The number of para-hydroxylation sites is 1. The molecular weight excluding hydrogens is 1050 g/mol.